The zero-order valence-corrected chi connectivity index (χ0v) is 20.6. The lowest BCUT2D eigenvalue weighted by Crippen LogP contribution is -2.49. The fourth-order valence-corrected chi connectivity index (χ4v) is 5.77. The first-order valence-corrected chi connectivity index (χ1v) is 11.8. The van der Waals surface area contributed by atoms with E-state index in [1.165, 1.54) is 6.07 Å². The number of halogens is 3. The number of benzene rings is 2. The molecule has 180 valence electrons. The Morgan fingerprint density at radius 3 is 2.68 bits per heavy atom. The van der Waals surface area contributed by atoms with E-state index >= 15 is 4.39 Å². The topological polar surface area (TPSA) is 94.1 Å². The van der Waals surface area contributed by atoms with Gasteiger partial charge in [-0.3, -0.25) is 9.59 Å². The molecule has 2 aliphatic heterocycles. The van der Waals surface area contributed by atoms with Crippen LogP contribution in [0.3, 0.4) is 0 Å². The van der Waals surface area contributed by atoms with Crippen LogP contribution in [0.5, 0.6) is 0 Å². The fraction of sp³-hybridized carbons (Fsp3) is 0.400. The molecule has 4 rings (SSSR count). The Kier molecular flexibility index (Phi) is 6.48. The monoisotopic (exact) mass is 504 g/mol. The molecule has 1 fully saturated rings. The molecule has 6 nitrogen and oxygen atoms in total. The Morgan fingerprint density at radius 1 is 1.26 bits per heavy atom. The number of anilines is 1. The highest BCUT2D eigenvalue weighted by Crippen LogP contribution is 2.57. The molecule has 4 N–H and O–H groups in total. The summed E-state index contributed by atoms with van der Waals surface area (Å²) < 4.78 is 15.5. The number of carbonyl (C=O) groups excluding carboxylic acids is 2. The van der Waals surface area contributed by atoms with E-state index < -0.39 is 35.1 Å². The van der Waals surface area contributed by atoms with E-state index in [0.717, 1.165) is 6.21 Å². The molecule has 2 aliphatic rings. The highest BCUT2D eigenvalue weighted by atomic mass is 35.5. The summed E-state index contributed by atoms with van der Waals surface area (Å²) in [6.45, 7) is 6.18. The first kappa shape index (κ1) is 24.6. The van der Waals surface area contributed by atoms with Gasteiger partial charge in [-0.25, -0.2) is 4.39 Å². The average Bonchev–Trinajstić information content (AvgIpc) is 3.22. The van der Waals surface area contributed by atoms with E-state index in [9.17, 15) is 9.59 Å². The normalized spacial score (nSPS) is 25.8. The van der Waals surface area contributed by atoms with Crippen molar-refractivity contribution >= 4 is 46.9 Å². The maximum absolute atomic E-state index is 15.5. The molecular weight excluding hydrogens is 478 g/mol. The van der Waals surface area contributed by atoms with Gasteiger partial charge in [0, 0.05) is 28.9 Å². The smallest absolute Gasteiger partial charge is 0.238 e. The van der Waals surface area contributed by atoms with E-state index in [1.807, 2.05) is 0 Å². The second-order valence-corrected chi connectivity index (χ2v) is 10.9. The molecule has 0 radical (unpaired) electrons. The molecule has 2 amide bonds. The highest BCUT2D eigenvalue weighted by Gasteiger charge is 2.66. The fourth-order valence-electron chi connectivity index (χ4n) is 5.41. The van der Waals surface area contributed by atoms with E-state index in [-0.39, 0.29) is 28.5 Å². The lowest BCUT2D eigenvalue weighted by Gasteiger charge is -2.37. The molecule has 0 aliphatic carbocycles. The number of nitrogens with one attached hydrogen (secondary N) is 4. The Morgan fingerprint density at radius 2 is 2.00 bits per heavy atom. The summed E-state index contributed by atoms with van der Waals surface area (Å²) in [5.41, 5.74) is -0.102. The number of rotatable bonds is 5. The standard InChI is InChI=1S/C25H27Cl2FN4O2/c1-24(2,3)12-18-25(15-8-7-13(26)11-17(15)31-23(25)34)19(14-5-4-6-16(27)20(14)28)21(32-18)22(33)30-10-9-29/h4-9,11,18-19,21,29,32H,10,12H2,1-3H3,(H,30,33)(H,31,34)/t18-,19-,21+,25+/m0/s1. The minimum atomic E-state index is -1.29. The van der Waals surface area contributed by atoms with Crippen LogP contribution < -0.4 is 16.0 Å². The van der Waals surface area contributed by atoms with Crippen LogP contribution in [0.2, 0.25) is 10.0 Å². The van der Waals surface area contributed by atoms with E-state index in [4.69, 9.17) is 28.6 Å². The van der Waals surface area contributed by atoms with E-state index in [0.29, 0.717) is 22.7 Å². The van der Waals surface area contributed by atoms with Crippen molar-refractivity contribution in [1.29, 1.82) is 5.41 Å². The molecule has 1 saturated heterocycles. The van der Waals surface area contributed by atoms with Crippen molar-refractivity contribution in [2.24, 2.45) is 5.41 Å². The molecular formula is C25H27Cl2FN4O2. The predicted molar refractivity (Wildman–Crippen MR) is 132 cm³/mol. The zero-order valence-electron chi connectivity index (χ0n) is 19.1. The Hall–Kier alpha value is -2.48. The molecule has 0 bridgehead atoms. The first-order chi connectivity index (χ1) is 16.0. The summed E-state index contributed by atoms with van der Waals surface area (Å²) in [6, 6.07) is 8.35. The van der Waals surface area contributed by atoms with Crippen molar-refractivity contribution in [1.82, 2.24) is 10.6 Å². The van der Waals surface area contributed by atoms with Crippen LogP contribution in [0, 0.1) is 16.6 Å². The van der Waals surface area contributed by atoms with E-state index in [2.05, 4.69) is 36.7 Å². The number of fused-ring (bicyclic) bond motifs is 2. The number of hydrogen-bond donors (Lipinski definition) is 4. The van der Waals surface area contributed by atoms with Crippen LogP contribution >= 0.6 is 23.2 Å². The molecule has 0 unspecified atom stereocenters. The van der Waals surface area contributed by atoms with Gasteiger partial charge in [0.25, 0.3) is 0 Å². The number of amides is 2. The molecule has 2 aromatic rings. The van der Waals surface area contributed by atoms with Crippen LogP contribution in [0.1, 0.15) is 44.2 Å². The first-order valence-electron chi connectivity index (χ1n) is 11.1. The summed E-state index contributed by atoms with van der Waals surface area (Å²) in [5.74, 6) is -2.30. The van der Waals surface area contributed by atoms with Crippen molar-refractivity contribution in [2.75, 3.05) is 11.9 Å². The summed E-state index contributed by atoms with van der Waals surface area (Å²) in [5, 5.41) is 16.7. The summed E-state index contributed by atoms with van der Waals surface area (Å²) in [7, 11) is 0. The highest BCUT2D eigenvalue weighted by molar-refractivity contribution is 6.31. The van der Waals surface area contributed by atoms with Gasteiger partial charge in [-0.05, 0) is 41.2 Å². The Balaban J connectivity index is 2.00. The summed E-state index contributed by atoms with van der Waals surface area (Å²) >= 11 is 12.4. The van der Waals surface area contributed by atoms with Gasteiger partial charge in [-0.2, -0.15) is 0 Å². The molecule has 4 atom stereocenters. The average molecular weight is 505 g/mol. The van der Waals surface area contributed by atoms with Gasteiger partial charge >= 0.3 is 0 Å². The van der Waals surface area contributed by atoms with Crippen LogP contribution in [-0.4, -0.2) is 36.7 Å². The quantitative estimate of drug-likeness (QED) is 0.446. The summed E-state index contributed by atoms with van der Waals surface area (Å²) in [6.07, 6.45) is 1.61. The largest absolute Gasteiger partial charge is 0.350 e. The zero-order chi connectivity index (χ0) is 24.8. The van der Waals surface area contributed by atoms with Crippen LogP contribution in [-0.2, 0) is 15.0 Å². The molecule has 34 heavy (non-hydrogen) atoms. The Bertz CT molecular complexity index is 1170. The van der Waals surface area contributed by atoms with Crippen LogP contribution in [0.25, 0.3) is 0 Å². The molecule has 0 saturated carbocycles. The second-order valence-electron chi connectivity index (χ2n) is 10.0. The SMILES string of the molecule is CC(C)(C)C[C@@H]1N[C@@H](C(=O)NCC=N)[C@H](c2cccc(Cl)c2F)[C@]12C(=O)Nc1cc(Cl)ccc12. The predicted octanol–water partition coefficient (Wildman–Crippen LogP) is 4.65. The number of hydrogen-bond acceptors (Lipinski definition) is 4. The van der Waals surface area contributed by atoms with Gasteiger partial charge in [0.05, 0.1) is 17.6 Å². The minimum absolute atomic E-state index is 0.0249. The lowest BCUT2D eigenvalue weighted by molar-refractivity contribution is -0.123. The van der Waals surface area contributed by atoms with Crippen molar-refractivity contribution in [3.8, 4) is 0 Å². The summed E-state index contributed by atoms with van der Waals surface area (Å²) in [4.78, 5) is 27.2. The molecule has 0 aromatic heterocycles. The van der Waals surface area contributed by atoms with Gasteiger partial charge in [-0.15, -0.1) is 0 Å². The number of carbonyl (C=O) groups is 2. The van der Waals surface area contributed by atoms with Gasteiger partial charge in [-0.1, -0.05) is 62.2 Å². The maximum atomic E-state index is 15.5. The third-order valence-electron chi connectivity index (χ3n) is 6.60. The van der Waals surface area contributed by atoms with Crippen molar-refractivity contribution in [3.05, 3.63) is 63.4 Å². The molecule has 2 aromatic carbocycles. The van der Waals surface area contributed by atoms with Gasteiger partial charge in [0.1, 0.15) is 11.2 Å². The Labute approximate surface area is 208 Å². The van der Waals surface area contributed by atoms with E-state index in [1.54, 1.807) is 30.3 Å². The maximum Gasteiger partial charge on any atom is 0.238 e. The van der Waals surface area contributed by atoms with Gasteiger partial charge < -0.3 is 21.4 Å². The van der Waals surface area contributed by atoms with Gasteiger partial charge in [0.2, 0.25) is 11.8 Å². The van der Waals surface area contributed by atoms with Crippen LogP contribution in [0.15, 0.2) is 36.4 Å². The third-order valence-corrected chi connectivity index (χ3v) is 7.13. The third kappa shape index (κ3) is 4.00. The lowest BCUT2D eigenvalue weighted by atomic mass is 9.62. The van der Waals surface area contributed by atoms with Crippen molar-refractivity contribution in [2.45, 2.75) is 50.6 Å². The second kappa shape index (κ2) is 8.95. The minimum Gasteiger partial charge on any atom is -0.350 e. The van der Waals surface area contributed by atoms with Crippen LogP contribution in [0.4, 0.5) is 10.1 Å². The van der Waals surface area contributed by atoms with Gasteiger partial charge in [0.15, 0.2) is 0 Å². The van der Waals surface area contributed by atoms with Crippen molar-refractivity contribution in [3.63, 3.8) is 0 Å². The molecule has 9 heteroatoms. The van der Waals surface area contributed by atoms with Crippen molar-refractivity contribution < 1.29 is 14.0 Å². The molecule has 1 spiro atoms. The molecule has 2 heterocycles.